The van der Waals surface area contributed by atoms with Gasteiger partial charge in [0.2, 0.25) is 0 Å². The van der Waals surface area contributed by atoms with E-state index >= 15 is 0 Å². The largest absolute Gasteiger partial charge is 0.486 e. The first-order valence-corrected chi connectivity index (χ1v) is 7.77. The van der Waals surface area contributed by atoms with E-state index in [1.165, 1.54) is 19.3 Å². The average Bonchev–Trinajstić information content (AvgIpc) is 2.42. The van der Waals surface area contributed by atoms with Crippen molar-refractivity contribution < 1.29 is 9.47 Å². The van der Waals surface area contributed by atoms with Gasteiger partial charge in [0.05, 0.1) is 5.38 Å². The number of halogens is 2. The van der Waals surface area contributed by atoms with Gasteiger partial charge in [0.15, 0.2) is 11.5 Å². The fraction of sp³-hybridized carbons (Fsp3) is 0.600. The number of ether oxygens (including phenoxy) is 2. The van der Waals surface area contributed by atoms with Gasteiger partial charge in [-0.3, -0.25) is 0 Å². The molecule has 0 saturated carbocycles. The van der Waals surface area contributed by atoms with Crippen LogP contribution in [0.5, 0.6) is 11.5 Å². The van der Waals surface area contributed by atoms with Crippen LogP contribution in [0.2, 0.25) is 5.02 Å². The summed E-state index contributed by atoms with van der Waals surface area (Å²) in [5.41, 5.74) is 0.948. The second-order valence-electron chi connectivity index (χ2n) is 4.83. The summed E-state index contributed by atoms with van der Waals surface area (Å²) in [6.07, 6.45) is 5.80. The zero-order valence-corrected chi connectivity index (χ0v) is 12.8. The fourth-order valence-electron chi connectivity index (χ4n) is 2.23. The molecular weight excluding hydrogens is 283 g/mol. The number of rotatable bonds is 6. The van der Waals surface area contributed by atoms with Crippen molar-refractivity contribution in [2.24, 2.45) is 0 Å². The Labute approximate surface area is 125 Å². The Morgan fingerprint density at radius 2 is 1.79 bits per heavy atom. The molecule has 0 aliphatic carbocycles. The molecule has 2 nitrogen and oxygen atoms in total. The number of benzene rings is 1. The highest BCUT2D eigenvalue weighted by atomic mass is 35.5. The molecule has 0 radical (unpaired) electrons. The Bertz CT molecular complexity index is 421. The third-order valence-electron chi connectivity index (χ3n) is 3.31. The van der Waals surface area contributed by atoms with Gasteiger partial charge < -0.3 is 9.47 Å². The van der Waals surface area contributed by atoms with Crippen molar-refractivity contribution >= 4 is 23.2 Å². The third kappa shape index (κ3) is 3.93. The van der Waals surface area contributed by atoms with Gasteiger partial charge in [0, 0.05) is 11.1 Å². The number of unbranched alkanes of at least 4 members (excludes halogenated alkanes) is 3. The number of hydrogen-bond acceptors (Lipinski definition) is 2. The smallest absolute Gasteiger partial charge is 0.162 e. The van der Waals surface area contributed by atoms with Crippen molar-refractivity contribution in [1.29, 1.82) is 0 Å². The molecule has 0 spiro atoms. The SMILES string of the molecule is CCCCCCC(Cl)c1cc2c(cc1Cl)OCCO2. The highest BCUT2D eigenvalue weighted by Crippen LogP contribution is 2.40. The lowest BCUT2D eigenvalue weighted by Crippen LogP contribution is -2.15. The molecule has 0 aromatic heterocycles. The summed E-state index contributed by atoms with van der Waals surface area (Å²) in [7, 11) is 0. The molecule has 0 saturated heterocycles. The topological polar surface area (TPSA) is 18.5 Å². The molecule has 1 aromatic carbocycles. The van der Waals surface area contributed by atoms with Crippen molar-refractivity contribution in [1.82, 2.24) is 0 Å². The molecule has 1 aliphatic heterocycles. The van der Waals surface area contributed by atoms with Gasteiger partial charge in [0.1, 0.15) is 13.2 Å². The predicted molar refractivity (Wildman–Crippen MR) is 79.8 cm³/mol. The minimum Gasteiger partial charge on any atom is -0.486 e. The minimum absolute atomic E-state index is 0.0554. The summed E-state index contributed by atoms with van der Waals surface area (Å²) < 4.78 is 11.1. The summed E-state index contributed by atoms with van der Waals surface area (Å²) in [4.78, 5) is 0. The molecule has 19 heavy (non-hydrogen) atoms. The Hall–Kier alpha value is -0.600. The summed E-state index contributed by atoms with van der Waals surface area (Å²) in [6, 6.07) is 3.74. The highest BCUT2D eigenvalue weighted by Gasteiger charge is 2.19. The lowest BCUT2D eigenvalue weighted by molar-refractivity contribution is 0.171. The van der Waals surface area contributed by atoms with Crippen LogP contribution in [0.1, 0.15) is 50.0 Å². The molecule has 4 heteroatoms. The summed E-state index contributed by atoms with van der Waals surface area (Å²) in [5, 5.41) is 0.611. The predicted octanol–water partition coefficient (Wildman–Crippen LogP) is 5.36. The van der Waals surface area contributed by atoms with Crippen molar-refractivity contribution in [2.45, 2.75) is 44.4 Å². The van der Waals surface area contributed by atoms with Gasteiger partial charge in [0.25, 0.3) is 0 Å². The summed E-state index contributed by atoms with van der Waals surface area (Å²) in [5.74, 6) is 1.47. The normalized spacial score (nSPS) is 15.3. The van der Waals surface area contributed by atoms with Crippen LogP contribution in [0.4, 0.5) is 0 Å². The summed E-state index contributed by atoms with van der Waals surface area (Å²) >= 11 is 12.7. The quantitative estimate of drug-likeness (QED) is 0.520. The van der Waals surface area contributed by atoms with E-state index in [0.29, 0.717) is 18.2 Å². The van der Waals surface area contributed by atoms with Crippen molar-refractivity contribution in [3.8, 4) is 11.5 Å². The molecule has 1 unspecified atom stereocenters. The molecule has 0 bridgehead atoms. The van der Waals surface area contributed by atoms with E-state index in [2.05, 4.69) is 6.92 Å². The van der Waals surface area contributed by atoms with Crippen molar-refractivity contribution in [2.75, 3.05) is 13.2 Å². The van der Waals surface area contributed by atoms with E-state index in [1.807, 2.05) is 12.1 Å². The maximum absolute atomic E-state index is 6.45. The van der Waals surface area contributed by atoms with E-state index in [1.54, 1.807) is 0 Å². The monoisotopic (exact) mass is 302 g/mol. The van der Waals surface area contributed by atoms with E-state index < -0.39 is 0 Å². The van der Waals surface area contributed by atoms with Crippen LogP contribution in [0.3, 0.4) is 0 Å². The van der Waals surface area contributed by atoms with Gasteiger partial charge in [-0.05, 0) is 18.1 Å². The molecule has 1 aliphatic rings. The first-order valence-electron chi connectivity index (χ1n) is 6.95. The molecule has 0 N–H and O–H groups in total. The van der Waals surface area contributed by atoms with E-state index in [-0.39, 0.29) is 5.38 Å². The molecule has 1 aromatic rings. The molecule has 106 valence electrons. The molecule has 0 amide bonds. The van der Waals surface area contributed by atoms with Gasteiger partial charge >= 0.3 is 0 Å². The van der Waals surface area contributed by atoms with Crippen molar-refractivity contribution in [3.63, 3.8) is 0 Å². The first kappa shape index (κ1) is 14.8. The minimum atomic E-state index is -0.0554. The fourth-order valence-corrected chi connectivity index (χ4v) is 2.90. The van der Waals surface area contributed by atoms with E-state index in [0.717, 1.165) is 29.9 Å². The van der Waals surface area contributed by atoms with Gasteiger partial charge in [-0.15, -0.1) is 11.6 Å². The van der Waals surface area contributed by atoms with Crippen LogP contribution in [0, 0.1) is 0 Å². The van der Waals surface area contributed by atoms with Crippen molar-refractivity contribution in [3.05, 3.63) is 22.7 Å². The van der Waals surface area contributed by atoms with Crippen LogP contribution in [0.15, 0.2) is 12.1 Å². The maximum atomic E-state index is 6.45. The van der Waals surface area contributed by atoms with Gasteiger partial charge in [-0.2, -0.15) is 0 Å². The zero-order valence-electron chi connectivity index (χ0n) is 11.3. The van der Waals surface area contributed by atoms with Crippen LogP contribution in [-0.2, 0) is 0 Å². The second-order valence-corrected chi connectivity index (χ2v) is 5.77. The number of alkyl halides is 1. The molecule has 1 atom stereocenters. The van der Waals surface area contributed by atoms with Crippen LogP contribution in [0.25, 0.3) is 0 Å². The lowest BCUT2D eigenvalue weighted by atomic mass is 10.0. The highest BCUT2D eigenvalue weighted by molar-refractivity contribution is 6.33. The van der Waals surface area contributed by atoms with E-state index in [4.69, 9.17) is 32.7 Å². The van der Waals surface area contributed by atoms with Crippen LogP contribution >= 0.6 is 23.2 Å². The third-order valence-corrected chi connectivity index (χ3v) is 4.09. The standard InChI is InChI=1S/C15H20Cl2O2/c1-2-3-4-5-6-12(16)11-9-14-15(10-13(11)17)19-8-7-18-14/h9-10,12H,2-8H2,1H3. The van der Waals surface area contributed by atoms with Crippen LogP contribution < -0.4 is 9.47 Å². The van der Waals surface area contributed by atoms with E-state index in [9.17, 15) is 0 Å². The number of fused-ring (bicyclic) bond motifs is 1. The Kier molecular flexibility index (Phi) is 5.65. The first-order chi connectivity index (χ1) is 9.22. The Balaban J connectivity index is 2.02. The molecule has 2 rings (SSSR count). The Morgan fingerprint density at radius 3 is 2.47 bits per heavy atom. The van der Waals surface area contributed by atoms with Gasteiger partial charge in [-0.1, -0.05) is 44.2 Å². The molecule has 1 heterocycles. The molecular formula is C15H20Cl2O2. The number of hydrogen-bond donors (Lipinski definition) is 0. The van der Waals surface area contributed by atoms with Gasteiger partial charge in [-0.25, -0.2) is 0 Å². The van der Waals surface area contributed by atoms with Crippen LogP contribution in [-0.4, -0.2) is 13.2 Å². The molecule has 0 fully saturated rings. The second kappa shape index (κ2) is 7.25. The maximum Gasteiger partial charge on any atom is 0.162 e. The lowest BCUT2D eigenvalue weighted by Gasteiger charge is -2.21. The Morgan fingerprint density at radius 1 is 1.11 bits per heavy atom. The zero-order chi connectivity index (χ0) is 13.7. The average molecular weight is 303 g/mol. The summed E-state index contributed by atoms with van der Waals surface area (Å²) in [6.45, 7) is 3.36.